The van der Waals surface area contributed by atoms with Gasteiger partial charge in [-0.2, -0.15) is 0 Å². The zero-order valence-corrected chi connectivity index (χ0v) is 12.7. The van der Waals surface area contributed by atoms with Crippen molar-refractivity contribution in [3.63, 3.8) is 0 Å². The van der Waals surface area contributed by atoms with Crippen molar-refractivity contribution < 1.29 is 8.42 Å². The summed E-state index contributed by atoms with van der Waals surface area (Å²) in [5.41, 5.74) is 0.313. The second-order valence-electron chi connectivity index (χ2n) is 5.33. The van der Waals surface area contributed by atoms with Crippen molar-refractivity contribution in [2.45, 2.75) is 37.1 Å². The van der Waals surface area contributed by atoms with E-state index >= 15 is 0 Å². The Morgan fingerprint density at radius 1 is 1.32 bits per heavy atom. The van der Waals surface area contributed by atoms with E-state index in [9.17, 15) is 8.42 Å². The molecule has 1 fully saturated rings. The Hall–Kier alpha value is -0.620. The summed E-state index contributed by atoms with van der Waals surface area (Å²) < 4.78 is 27.8. The van der Waals surface area contributed by atoms with E-state index in [4.69, 9.17) is 11.6 Å². The van der Waals surface area contributed by atoms with E-state index in [0.29, 0.717) is 10.6 Å². The molecule has 1 aliphatic heterocycles. The minimum absolute atomic E-state index is 0.264. The van der Waals surface area contributed by atoms with Crippen LogP contribution in [0.5, 0.6) is 0 Å². The van der Waals surface area contributed by atoms with Gasteiger partial charge < -0.3 is 5.32 Å². The summed E-state index contributed by atoms with van der Waals surface area (Å²) in [5, 5.41) is 3.66. The quantitative estimate of drug-likeness (QED) is 0.898. The molecule has 0 spiro atoms. The summed E-state index contributed by atoms with van der Waals surface area (Å²) in [6, 6.07) is 4.92. The second-order valence-corrected chi connectivity index (χ2v) is 7.41. The summed E-state index contributed by atoms with van der Waals surface area (Å²) in [6.45, 7) is 5.38. The third kappa shape index (κ3) is 3.48. The molecular formula is C13H19ClN2O2S. The van der Waals surface area contributed by atoms with Crippen LogP contribution in [-0.2, 0) is 10.0 Å². The summed E-state index contributed by atoms with van der Waals surface area (Å²) in [5.74, 6) is 0. The molecule has 0 radical (unpaired) electrons. The molecule has 1 aromatic carbocycles. The first-order valence-electron chi connectivity index (χ1n) is 6.33. The van der Waals surface area contributed by atoms with E-state index < -0.39 is 15.6 Å². The summed E-state index contributed by atoms with van der Waals surface area (Å²) in [4.78, 5) is 0.264. The van der Waals surface area contributed by atoms with Crippen LogP contribution >= 0.6 is 11.6 Å². The molecule has 1 heterocycles. The average molecular weight is 303 g/mol. The largest absolute Gasteiger partial charge is 0.317 e. The van der Waals surface area contributed by atoms with Crippen molar-refractivity contribution in [3.8, 4) is 0 Å². The van der Waals surface area contributed by atoms with Crippen LogP contribution in [0.25, 0.3) is 0 Å². The van der Waals surface area contributed by atoms with Gasteiger partial charge >= 0.3 is 0 Å². The molecule has 4 nitrogen and oxygen atoms in total. The number of hydrogen-bond acceptors (Lipinski definition) is 3. The monoisotopic (exact) mass is 302 g/mol. The van der Waals surface area contributed by atoms with Gasteiger partial charge in [-0.1, -0.05) is 17.7 Å². The fourth-order valence-corrected chi connectivity index (χ4v) is 4.30. The van der Waals surface area contributed by atoms with Crippen molar-refractivity contribution >= 4 is 21.6 Å². The number of sulfonamides is 1. The maximum atomic E-state index is 12.5. The van der Waals surface area contributed by atoms with Crippen LogP contribution in [0.4, 0.5) is 0 Å². The molecule has 0 saturated carbocycles. The SMILES string of the molecule is Cc1ccc(Cl)cc1S(=O)(=O)NC1(C)CCNCC1. The van der Waals surface area contributed by atoms with E-state index in [1.165, 1.54) is 6.07 Å². The smallest absolute Gasteiger partial charge is 0.241 e. The highest BCUT2D eigenvalue weighted by Crippen LogP contribution is 2.24. The number of rotatable bonds is 3. The number of benzene rings is 1. The number of hydrogen-bond donors (Lipinski definition) is 2. The molecule has 1 aliphatic rings. The molecule has 1 aromatic rings. The molecule has 2 N–H and O–H groups in total. The first kappa shape index (κ1) is 14.8. The molecule has 1 saturated heterocycles. The van der Waals surface area contributed by atoms with E-state index in [1.807, 2.05) is 6.92 Å². The van der Waals surface area contributed by atoms with Crippen LogP contribution < -0.4 is 10.0 Å². The average Bonchev–Trinajstić information content (AvgIpc) is 2.31. The minimum atomic E-state index is -3.53. The third-order valence-corrected chi connectivity index (χ3v) is 5.54. The van der Waals surface area contributed by atoms with Crippen molar-refractivity contribution in [1.29, 1.82) is 0 Å². The normalized spacial score (nSPS) is 19.3. The topological polar surface area (TPSA) is 58.2 Å². The Kier molecular flexibility index (Phi) is 4.20. The lowest BCUT2D eigenvalue weighted by atomic mass is 9.92. The number of halogens is 1. The standard InChI is InChI=1S/C13H19ClN2O2S/c1-10-3-4-11(14)9-12(10)19(17,18)16-13(2)5-7-15-8-6-13/h3-4,9,15-16H,5-8H2,1-2H3. The molecule has 0 aliphatic carbocycles. The van der Waals surface area contributed by atoms with Gasteiger partial charge in [0.05, 0.1) is 4.90 Å². The van der Waals surface area contributed by atoms with Crippen molar-refractivity contribution in [1.82, 2.24) is 10.0 Å². The zero-order chi connectivity index (χ0) is 14.1. The Morgan fingerprint density at radius 3 is 2.58 bits per heavy atom. The van der Waals surface area contributed by atoms with E-state index in [-0.39, 0.29) is 4.90 Å². The van der Waals surface area contributed by atoms with Gasteiger partial charge in [-0.15, -0.1) is 0 Å². The fraction of sp³-hybridized carbons (Fsp3) is 0.538. The summed E-state index contributed by atoms with van der Waals surface area (Å²) >= 11 is 5.90. The van der Waals surface area contributed by atoms with Gasteiger partial charge in [0.1, 0.15) is 0 Å². The highest BCUT2D eigenvalue weighted by atomic mass is 35.5. The first-order chi connectivity index (χ1) is 8.82. The maximum Gasteiger partial charge on any atom is 0.241 e. The second kappa shape index (κ2) is 5.40. The van der Waals surface area contributed by atoms with E-state index in [0.717, 1.165) is 25.9 Å². The van der Waals surface area contributed by atoms with Gasteiger partial charge in [0.25, 0.3) is 0 Å². The molecule has 2 rings (SSSR count). The van der Waals surface area contributed by atoms with Crippen LogP contribution in [0.3, 0.4) is 0 Å². The Bertz CT molecular complexity index is 566. The van der Waals surface area contributed by atoms with Crippen LogP contribution in [0.15, 0.2) is 23.1 Å². The summed E-state index contributed by atoms with van der Waals surface area (Å²) in [6.07, 6.45) is 1.57. The Morgan fingerprint density at radius 2 is 1.95 bits per heavy atom. The van der Waals surface area contributed by atoms with Gasteiger partial charge in [-0.3, -0.25) is 0 Å². The van der Waals surface area contributed by atoms with Crippen LogP contribution in [0, 0.1) is 6.92 Å². The molecule has 0 unspecified atom stereocenters. The van der Waals surface area contributed by atoms with E-state index in [1.54, 1.807) is 19.1 Å². The fourth-order valence-electron chi connectivity index (χ4n) is 2.32. The Labute approximate surface area is 119 Å². The summed E-state index contributed by atoms with van der Waals surface area (Å²) in [7, 11) is -3.53. The lowest BCUT2D eigenvalue weighted by Crippen LogP contribution is -2.52. The van der Waals surface area contributed by atoms with Gasteiger partial charge in [0.15, 0.2) is 0 Å². The van der Waals surface area contributed by atoms with Crippen LogP contribution in [0.2, 0.25) is 5.02 Å². The lowest BCUT2D eigenvalue weighted by Gasteiger charge is -2.34. The molecule has 0 atom stereocenters. The molecule has 106 valence electrons. The van der Waals surface area contributed by atoms with Crippen LogP contribution in [0.1, 0.15) is 25.3 Å². The third-order valence-electron chi connectivity index (χ3n) is 3.53. The highest BCUT2D eigenvalue weighted by Gasteiger charge is 2.32. The Balaban J connectivity index is 2.29. The predicted molar refractivity (Wildman–Crippen MR) is 77.0 cm³/mol. The lowest BCUT2D eigenvalue weighted by molar-refractivity contribution is 0.308. The number of piperidine rings is 1. The van der Waals surface area contributed by atoms with Gasteiger partial charge in [0.2, 0.25) is 10.0 Å². The molecule has 0 aromatic heterocycles. The van der Waals surface area contributed by atoms with E-state index in [2.05, 4.69) is 10.0 Å². The zero-order valence-electron chi connectivity index (χ0n) is 11.2. The molecule has 0 bridgehead atoms. The maximum absolute atomic E-state index is 12.5. The molecule has 19 heavy (non-hydrogen) atoms. The van der Waals surface area contributed by atoms with Gasteiger partial charge in [-0.25, -0.2) is 13.1 Å². The molecular weight excluding hydrogens is 284 g/mol. The first-order valence-corrected chi connectivity index (χ1v) is 8.19. The van der Waals surface area contributed by atoms with Gasteiger partial charge in [-0.05, 0) is 57.5 Å². The van der Waals surface area contributed by atoms with Crippen molar-refractivity contribution in [2.75, 3.05) is 13.1 Å². The minimum Gasteiger partial charge on any atom is -0.317 e. The predicted octanol–water partition coefficient (Wildman–Crippen LogP) is 2.07. The van der Waals surface area contributed by atoms with Crippen molar-refractivity contribution in [2.24, 2.45) is 0 Å². The molecule has 6 heteroatoms. The number of nitrogens with one attached hydrogen (secondary N) is 2. The van der Waals surface area contributed by atoms with Gasteiger partial charge in [0, 0.05) is 10.6 Å². The molecule has 0 amide bonds. The van der Waals surface area contributed by atoms with Crippen molar-refractivity contribution in [3.05, 3.63) is 28.8 Å². The highest BCUT2D eigenvalue weighted by molar-refractivity contribution is 7.89. The van der Waals surface area contributed by atoms with Crippen LogP contribution in [-0.4, -0.2) is 27.0 Å². The number of aryl methyl sites for hydroxylation is 1.